The highest BCUT2D eigenvalue weighted by molar-refractivity contribution is 8.00. The Bertz CT molecular complexity index is 507. The predicted molar refractivity (Wildman–Crippen MR) is 77.2 cm³/mol. The van der Waals surface area contributed by atoms with Gasteiger partial charge in [-0.3, -0.25) is 4.79 Å². The molecule has 7 heteroatoms. The van der Waals surface area contributed by atoms with Gasteiger partial charge >= 0.3 is 5.51 Å². The van der Waals surface area contributed by atoms with E-state index in [2.05, 4.69) is 10.6 Å². The molecule has 0 radical (unpaired) electrons. The summed E-state index contributed by atoms with van der Waals surface area (Å²) in [5, 5.41) is 5.73. The SMILES string of the molecule is CC1CCCNC1C(=O)Nc1ccccc1SC(F)(F)F. The van der Waals surface area contributed by atoms with Crippen molar-refractivity contribution in [2.75, 3.05) is 11.9 Å². The van der Waals surface area contributed by atoms with Crippen molar-refractivity contribution in [3.05, 3.63) is 24.3 Å². The monoisotopic (exact) mass is 318 g/mol. The fraction of sp³-hybridized carbons (Fsp3) is 0.500. The first-order valence-electron chi connectivity index (χ1n) is 6.76. The van der Waals surface area contributed by atoms with Crippen LogP contribution in [0.15, 0.2) is 29.2 Å². The average molecular weight is 318 g/mol. The van der Waals surface area contributed by atoms with Gasteiger partial charge in [-0.25, -0.2) is 0 Å². The van der Waals surface area contributed by atoms with Gasteiger partial charge < -0.3 is 10.6 Å². The number of alkyl halides is 3. The molecular formula is C14H17F3N2OS. The lowest BCUT2D eigenvalue weighted by molar-refractivity contribution is -0.119. The molecule has 2 unspecified atom stereocenters. The highest BCUT2D eigenvalue weighted by atomic mass is 32.2. The molecule has 0 spiro atoms. The number of anilines is 1. The number of carbonyl (C=O) groups is 1. The lowest BCUT2D eigenvalue weighted by atomic mass is 9.92. The summed E-state index contributed by atoms with van der Waals surface area (Å²) in [4.78, 5) is 12.2. The number of nitrogens with one attached hydrogen (secondary N) is 2. The number of benzene rings is 1. The van der Waals surface area contributed by atoms with E-state index in [1.54, 1.807) is 6.07 Å². The number of para-hydroxylation sites is 1. The van der Waals surface area contributed by atoms with Crippen molar-refractivity contribution < 1.29 is 18.0 Å². The molecule has 0 bridgehead atoms. The lowest BCUT2D eigenvalue weighted by Gasteiger charge is -2.29. The first-order chi connectivity index (χ1) is 9.87. The second kappa shape index (κ2) is 6.70. The van der Waals surface area contributed by atoms with Crippen molar-refractivity contribution >= 4 is 23.4 Å². The van der Waals surface area contributed by atoms with Gasteiger partial charge in [-0.2, -0.15) is 13.2 Å². The summed E-state index contributed by atoms with van der Waals surface area (Å²) in [6.07, 6.45) is 1.94. The normalized spacial score (nSPS) is 22.9. The maximum absolute atomic E-state index is 12.5. The summed E-state index contributed by atoms with van der Waals surface area (Å²) in [5.41, 5.74) is -4.18. The van der Waals surface area contributed by atoms with E-state index in [-0.39, 0.29) is 40.2 Å². The molecule has 1 aliphatic rings. The fourth-order valence-corrected chi connectivity index (χ4v) is 3.02. The van der Waals surface area contributed by atoms with Gasteiger partial charge in [0.1, 0.15) is 0 Å². The molecule has 1 amide bonds. The average Bonchev–Trinajstić information content (AvgIpc) is 2.40. The van der Waals surface area contributed by atoms with Crippen molar-refractivity contribution in [1.82, 2.24) is 5.32 Å². The lowest BCUT2D eigenvalue weighted by Crippen LogP contribution is -2.48. The minimum absolute atomic E-state index is 0.00168. The van der Waals surface area contributed by atoms with E-state index in [1.807, 2.05) is 6.92 Å². The van der Waals surface area contributed by atoms with Crippen LogP contribution in [0.2, 0.25) is 0 Å². The van der Waals surface area contributed by atoms with E-state index in [1.165, 1.54) is 18.2 Å². The van der Waals surface area contributed by atoms with Crippen molar-refractivity contribution in [2.45, 2.75) is 36.2 Å². The molecule has 2 rings (SSSR count). The van der Waals surface area contributed by atoms with Crippen LogP contribution in [-0.2, 0) is 4.79 Å². The van der Waals surface area contributed by atoms with E-state index in [0.717, 1.165) is 19.4 Å². The van der Waals surface area contributed by atoms with Gasteiger partial charge in [-0.05, 0) is 49.2 Å². The topological polar surface area (TPSA) is 41.1 Å². The second-order valence-corrected chi connectivity index (χ2v) is 6.19. The van der Waals surface area contributed by atoms with Crippen LogP contribution in [-0.4, -0.2) is 24.0 Å². The van der Waals surface area contributed by atoms with E-state index < -0.39 is 5.51 Å². The Labute approximate surface area is 125 Å². The van der Waals surface area contributed by atoms with E-state index >= 15 is 0 Å². The number of hydrogen-bond donors (Lipinski definition) is 2. The third kappa shape index (κ3) is 4.64. The minimum Gasteiger partial charge on any atom is -0.324 e. The summed E-state index contributed by atoms with van der Waals surface area (Å²) in [5.74, 6) is -0.112. The molecule has 21 heavy (non-hydrogen) atoms. The molecule has 1 fully saturated rings. The molecule has 1 aliphatic heterocycles. The van der Waals surface area contributed by atoms with E-state index in [0.29, 0.717) is 0 Å². The Morgan fingerprint density at radius 2 is 2.10 bits per heavy atom. The third-order valence-electron chi connectivity index (χ3n) is 3.42. The van der Waals surface area contributed by atoms with Crippen molar-refractivity contribution in [3.63, 3.8) is 0 Å². The maximum Gasteiger partial charge on any atom is 0.446 e. The number of rotatable bonds is 3. The molecule has 2 atom stereocenters. The first kappa shape index (κ1) is 16.2. The van der Waals surface area contributed by atoms with Crippen molar-refractivity contribution in [2.24, 2.45) is 5.92 Å². The summed E-state index contributed by atoms with van der Waals surface area (Å²) in [7, 11) is 0. The summed E-state index contributed by atoms with van der Waals surface area (Å²) in [6, 6.07) is 5.60. The van der Waals surface area contributed by atoms with Crippen molar-refractivity contribution in [3.8, 4) is 0 Å². The zero-order valence-electron chi connectivity index (χ0n) is 11.5. The van der Waals surface area contributed by atoms with Crippen LogP contribution in [0, 0.1) is 5.92 Å². The number of thioether (sulfide) groups is 1. The van der Waals surface area contributed by atoms with Gasteiger partial charge in [-0.1, -0.05) is 19.1 Å². The quantitative estimate of drug-likeness (QED) is 0.836. The van der Waals surface area contributed by atoms with Gasteiger partial charge in [0.2, 0.25) is 5.91 Å². The standard InChI is InChI=1S/C14H17F3N2OS/c1-9-5-4-8-18-12(9)13(20)19-10-6-2-3-7-11(10)21-14(15,16)17/h2-3,6-7,9,12,18H,4-5,8H2,1H3,(H,19,20). The molecule has 0 saturated carbocycles. The molecule has 0 aromatic heterocycles. The number of carbonyl (C=O) groups excluding carboxylic acids is 1. The fourth-order valence-electron chi connectivity index (χ4n) is 2.39. The van der Waals surface area contributed by atoms with Crippen LogP contribution < -0.4 is 10.6 Å². The van der Waals surface area contributed by atoms with Gasteiger partial charge in [0, 0.05) is 4.90 Å². The maximum atomic E-state index is 12.5. The largest absolute Gasteiger partial charge is 0.446 e. The second-order valence-electron chi connectivity index (χ2n) is 5.08. The Hall–Kier alpha value is -1.21. The predicted octanol–water partition coefficient (Wildman–Crippen LogP) is 3.63. The van der Waals surface area contributed by atoms with Crippen LogP contribution in [0.5, 0.6) is 0 Å². The smallest absolute Gasteiger partial charge is 0.324 e. The summed E-state index contributed by atoms with van der Waals surface area (Å²) in [6.45, 7) is 2.72. The van der Waals surface area contributed by atoms with Crippen LogP contribution >= 0.6 is 11.8 Å². The van der Waals surface area contributed by atoms with E-state index in [4.69, 9.17) is 0 Å². The molecule has 1 aromatic rings. The molecular weight excluding hydrogens is 301 g/mol. The number of amides is 1. The van der Waals surface area contributed by atoms with Crippen LogP contribution in [0.1, 0.15) is 19.8 Å². The van der Waals surface area contributed by atoms with Gasteiger partial charge in [0.05, 0.1) is 11.7 Å². The number of hydrogen-bond acceptors (Lipinski definition) is 3. The summed E-state index contributed by atoms with van der Waals surface area (Å²) < 4.78 is 37.5. The Morgan fingerprint density at radius 3 is 2.76 bits per heavy atom. The molecule has 2 N–H and O–H groups in total. The molecule has 1 aromatic carbocycles. The Balaban J connectivity index is 2.10. The van der Waals surface area contributed by atoms with Crippen molar-refractivity contribution in [1.29, 1.82) is 0 Å². The van der Waals surface area contributed by atoms with E-state index in [9.17, 15) is 18.0 Å². The third-order valence-corrected chi connectivity index (χ3v) is 4.23. The Morgan fingerprint density at radius 1 is 1.38 bits per heavy atom. The van der Waals surface area contributed by atoms with Gasteiger partial charge in [0.15, 0.2) is 0 Å². The van der Waals surface area contributed by atoms with Gasteiger partial charge in [-0.15, -0.1) is 0 Å². The van der Waals surface area contributed by atoms with Gasteiger partial charge in [0.25, 0.3) is 0 Å². The number of halogens is 3. The highest BCUT2D eigenvalue weighted by Gasteiger charge is 2.32. The number of piperidine rings is 1. The Kier molecular flexibility index (Phi) is 5.16. The first-order valence-corrected chi connectivity index (χ1v) is 7.57. The molecule has 116 valence electrons. The molecule has 1 saturated heterocycles. The highest BCUT2D eigenvalue weighted by Crippen LogP contribution is 2.40. The summed E-state index contributed by atoms with van der Waals surface area (Å²) >= 11 is -0.218. The van der Waals surface area contributed by atoms with Crippen LogP contribution in [0.3, 0.4) is 0 Å². The van der Waals surface area contributed by atoms with Crippen LogP contribution in [0.4, 0.5) is 18.9 Å². The molecule has 3 nitrogen and oxygen atoms in total. The minimum atomic E-state index is -4.38. The molecule has 0 aliphatic carbocycles. The zero-order valence-corrected chi connectivity index (χ0v) is 12.4. The zero-order chi connectivity index (χ0) is 15.5. The molecule has 1 heterocycles. The van der Waals surface area contributed by atoms with Crippen LogP contribution in [0.25, 0.3) is 0 Å².